The third-order valence-electron chi connectivity index (χ3n) is 2.15. The van der Waals surface area contributed by atoms with Gasteiger partial charge < -0.3 is 10.1 Å². The summed E-state index contributed by atoms with van der Waals surface area (Å²) in [5.74, 6) is 2.68. The highest BCUT2D eigenvalue weighted by Crippen LogP contribution is 2.06. The van der Waals surface area contributed by atoms with Gasteiger partial charge in [-0.15, -0.1) is 12.3 Å². The Kier molecular flexibility index (Phi) is 7.77. The van der Waals surface area contributed by atoms with Crippen LogP contribution < -0.4 is 5.32 Å². The van der Waals surface area contributed by atoms with Gasteiger partial charge in [0, 0.05) is 19.6 Å². The number of rotatable bonds is 7. The molecule has 2 unspecified atom stereocenters. The van der Waals surface area contributed by atoms with Crippen LogP contribution in [0.2, 0.25) is 0 Å². The number of nitrogens with one attached hydrogen (secondary N) is 1. The van der Waals surface area contributed by atoms with Crippen molar-refractivity contribution in [3.63, 3.8) is 0 Å². The summed E-state index contributed by atoms with van der Waals surface area (Å²) < 4.78 is 5.35. The van der Waals surface area contributed by atoms with E-state index in [2.05, 4.69) is 25.1 Å². The van der Waals surface area contributed by atoms with Crippen molar-refractivity contribution in [3.05, 3.63) is 0 Å². The van der Waals surface area contributed by atoms with Crippen molar-refractivity contribution in [1.82, 2.24) is 5.32 Å². The number of terminal acetylenes is 1. The summed E-state index contributed by atoms with van der Waals surface area (Å²) >= 11 is 0. The molecule has 2 atom stereocenters. The first-order chi connectivity index (χ1) is 6.29. The first-order valence-corrected chi connectivity index (χ1v) is 4.99. The van der Waals surface area contributed by atoms with Crippen molar-refractivity contribution in [1.29, 1.82) is 0 Å². The minimum atomic E-state index is 0.239. The van der Waals surface area contributed by atoms with Crippen LogP contribution in [0.3, 0.4) is 0 Å². The zero-order chi connectivity index (χ0) is 10.1. The summed E-state index contributed by atoms with van der Waals surface area (Å²) in [6.07, 6.45) is 8.41. The molecule has 0 radical (unpaired) electrons. The molecule has 0 aromatic heterocycles. The third-order valence-corrected chi connectivity index (χ3v) is 2.15. The number of hydrogen-bond acceptors (Lipinski definition) is 2. The first-order valence-electron chi connectivity index (χ1n) is 4.99. The third kappa shape index (κ3) is 4.92. The van der Waals surface area contributed by atoms with Crippen molar-refractivity contribution < 1.29 is 4.74 Å². The summed E-state index contributed by atoms with van der Waals surface area (Å²) in [6.45, 7) is 5.27. The van der Waals surface area contributed by atoms with Gasteiger partial charge in [-0.05, 0) is 19.4 Å². The van der Waals surface area contributed by atoms with Gasteiger partial charge in [0.05, 0.1) is 6.10 Å². The van der Waals surface area contributed by atoms with Crippen molar-refractivity contribution in [2.45, 2.75) is 45.3 Å². The van der Waals surface area contributed by atoms with E-state index in [1.807, 2.05) is 0 Å². The monoisotopic (exact) mass is 183 g/mol. The van der Waals surface area contributed by atoms with Gasteiger partial charge in [0.2, 0.25) is 0 Å². The molecule has 0 saturated carbocycles. The molecular weight excluding hydrogens is 162 g/mol. The molecule has 0 heterocycles. The lowest BCUT2D eigenvalue weighted by Gasteiger charge is -2.24. The Bertz CT molecular complexity index is 147. The van der Waals surface area contributed by atoms with Crippen LogP contribution >= 0.6 is 0 Å². The fourth-order valence-corrected chi connectivity index (χ4v) is 1.41. The lowest BCUT2D eigenvalue weighted by molar-refractivity contribution is 0.0668. The largest absolute Gasteiger partial charge is 0.380 e. The standard InChI is InChI=1S/C11H21NO/c1-5-8-10(12-9-6-2)11(7-3)13-4/h1,10-12H,6-9H2,2-4H3. The SMILES string of the molecule is C#CCC(NCCC)C(CC)OC. The normalized spacial score (nSPS) is 14.9. The van der Waals surface area contributed by atoms with Gasteiger partial charge in [-0.2, -0.15) is 0 Å². The Morgan fingerprint density at radius 1 is 1.46 bits per heavy atom. The Hall–Kier alpha value is -0.520. The zero-order valence-electron chi connectivity index (χ0n) is 8.97. The maximum atomic E-state index is 5.35. The Morgan fingerprint density at radius 2 is 2.15 bits per heavy atom. The van der Waals surface area contributed by atoms with Crippen molar-refractivity contribution in [2.75, 3.05) is 13.7 Å². The van der Waals surface area contributed by atoms with E-state index in [4.69, 9.17) is 11.2 Å². The van der Waals surface area contributed by atoms with E-state index in [9.17, 15) is 0 Å². The van der Waals surface area contributed by atoms with E-state index in [1.54, 1.807) is 7.11 Å². The molecule has 0 aromatic carbocycles. The first kappa shape index (κ1) is 12.5. The minimum Gasteiger partial charge on any atom is -0.380 e. The molecule has 0 amide bonds. The topological polar surface area (TPSA) is 21.3 Å². The molecular formula is C11H21NO. The molecule has 0 spiro atoms. The molecule has 0 aromatic rings. The molecule has 0 rings (SSSR count). The lowest BCUT2D eigenvalue weighted by atomic mass is 10.1. The summed E-state index contributed by atoms with van der Waals surface area (Å²) in [6, 6.07) is 0.306. The molecule has 0 aliphatic rings. The van der Waals surface area contributed by atoms with Crippen LogP contribution in [0.25, 0.3) is 0 Å². The fraction of sp³-hybridized carbons (Fsp3) is 0.818. The Labute approximate surface area is 82.1 Å². The Morgan fingerprint density at radius 3 is 2.54 bits per heavy atom. The van der Waals surface area contributed by atoms with Gasteiger partial charge in [0.15, 0.2) is 0 Å². The van der Waals surface area contributed by atoms with Gasteiger partial charge in [-0.3, -0.25) is 0 Å². The van der Waals surface area contributed by atoms with Crippen LogP contribution in [0.15, 0.2) is 0 Å². The zero-order valence-corrected chi connectivity index (χ0v) is 8.97. The van der Waals surface area contributed by atoms with E-state index >= 15 is 0 Å². The highest BCUT2D eigenvalue weighted by Gasteiger charge is 2.17. The van der Waals surface area contributed by atoms with Crippen molar-refractivity contribution >= 4 is 0 Å². The van der Waals surface area contributed by atoms with Gasteiger partial charge in [0.1, 0.15) is 0 Å². The van der Waals surface area contributed by atoms with Gasteiger partial charge in [-0.25, -0.2) is 0 Å². The maximum absolute atomic E-state index is 5.35. The van der Waals surface area contributed by atoms with Crippen molar-refractivity contribution in [3.8, 4) is 12.3 Å². The molecule has 13 heavy (non-hydrogen) atoms. The molecule has 0 bridgehead atoms. The van der Waals surface area contributed by atoms with Crippen LogP contribution in [0.5, 0.6) is 0 Å². The smallest absolute Gasteiger partial charge is 0.0730 e. The Balaban J connectivity index is 3.97. The molecule has 0 aliphatic heterocycles. The summed E-state index contributed by atoms with van der Waals surface area (Å²) in [5, 5.41) is 3.40. The van der Waals surface area contributed by atoms with Crippen LogP contribution in [-0.2, 0) is 4.74 Å². The molecule has 0 fully saturated rings. The summed E-state index contributed by atoms with van der Waals surface area (Å²) in [5.41, 5.74) is 0. The number of ether oxygens (including phenoxy) is 1. The van der Waals surface area contributed by atoms with E-state index in [1.165, 1.54) is 0 Å². The predicted molar refractivity (Wildman–Crippen MR) is 56.6 cm³/mol. The van der Waals surface area contributed by atoms with E-state index in [0.717, 1.165) is 25.8 Å². The quantitative estimate of drug-likeness (QED) is 0.608. The minimum absolute atomic E-state index is 0.239. The molecule has 2 nitrogen and oxygen atoms in total. The number of methoxy groups -OCH3 is 1. The molecule has 1 N–H and O–H groups in total. The van der Waals surface area contributed by atoms with Gasteiger partial charge in [-0.1, -0.05) is 13.8 Å². The second kappa shape index (κ2) is 8.10. The predicted octanol–water partition coefficient (Wildman–Crippen LogP) is 1.80. The van der Waals surface area contributed by atoms with Crippen LogP contribution in [0.1, 0.15) is 33.1 Å². The van der Waals surface area contributed by atoms with E-state index in [0.29, 0.717) is 6.04 Å². The highest BCUT2D eigenvalue weighted by molar-refractivity contribution is 4.92. The summed E-state index contributed by atoms with van der Waals surface area (Å²) in [7, 11) is 1.74. The van der Waals surface area contributed by atoms with Gasteiger partial charge in [0.25, 0.3) is 0 Å². The molecule has 0 aliphatic carbocycles. The second-order valence-electron chi connectivity index (χ2n) is 3.15. The average Bonchev–Trinajstić information content (AvgIpc) is 2.16. The van der Waals surface area contributed by atoms with E-state index in [-0.39, 0.29) is 6.10 Å². The van der Waals surface area contributed by atoms with Crippen LogP contribution in [0.4, 0.5) is 0 Å². The van der Waals surface area contributed by atoms with Crippen molar-refractivity contribution in [2.24, 2.45) is 0 Å². The molecule has 0 saturated heterocycles. The second-order valence-corrected chi connectivity index (χ2v) is 3.15. The maximum Gasteiger partial charge on any atom is 0.0730 e. The number of hydrogen-bond donors (Lipinski definition) is 1. The average molecular weight is 183 g/mol. The molecule has 2 heteroatoms. The molecule has 76 valence electrons. The lowest BCUT2D eigenvalue weighted by Crippen LogP contribution is -2.40. The highest BCUT2D eigenvalue weighted by atomic mass is 16.5. The fourth-order valence-electron chi connectivity index (χ4n) is 1.41. The van der Waals surface area contributed by atoms with Crippen LogP contribution in [-0.4, -0.2) is 25.8 Å². The van der Waals surface area contributed by atoms with E-state index < -0.39 is 0 Å². The van der Waals surface area contributed by atoms with Gasteiger partial charge >= 0.3 is 0 Å². The summed E-state index contributed by atoms with van der Waals surface area (Å²) in [4.78, 5) is 0. The van der Waals surface area contributed by atoms with Crippen LogP contribution in [0, 0.1) is 12.3 Å².